The van der Waals surface area contributed by atoms with E-state index in [9.17, 15) is 28.3 Å². The van der Waals surface area contributed by atoms with Crippen molar-refractivity contribution in [3.05, 3.63) is 63.1 Å². The highest BCUT2D eigenvalue weighted by Crippen LogP contribution is 2.21. The maximum Gasteiger partial charge on any atom is 0.277 e. The van der Waals surface area contributed by atoms with Crippen molar-refractivity contribution in [1.29, 1.82) is 0 Å². The first-order valence-electron chi connectivity index (χ1n) is 9.97. The molecule has 10 heteroatoms. The van der Waals surface area contributed by atoms with Gasteiger partial charge in [-0.1, -0.05) is 12.1 Å². The van der Waals surface area contributed by atoms with Gasteiger partial charge in [0.1, 0.15) is 12.2 Å². The highest BCUT2D eigenvalue weighted by molar-refractivity contribution is 5.99. The van der Waals surface area contributed by atoms with Crippen LogP contribution in [0, 0.1) is 24.0 Å². The fraction of sp³-hybridized carbons (Fsp3) is 0.318. The third-order valence-electron chi connectivity index (χ3n) is 5.13. The number of halogens is 2. The molecule has 1 aromatic carbocycles. The third-order valence-corrected chi connectivity index (χ3v) is 5.13. The minimum atomic E-state index is -1.11. The number of aromatic hydroxyl groups is 1. The monoisotopic (exact) mass is 444 g/mol. The zero-order chi connectivity index (χ0) is 23.4. The van der Waals surface area contributed by atoms with Crippen LogP contribution in [-0.4, -0.2) is 46.3 Å². The Balaban J connectivity index is 1.95. The van der Waals surface area contributed by atoms with E-state index in [-0.39, 0.29) is 24.5 Å². The predicted octanol–water partition coefficient (Wildman–Crippen LogP) is 1.55. The molecule has 32 heavy (non-hydrogen) atoms. The minimum absolute atomic E-state index is 0.106. The van der Waals surface area contributed by atoms with Crippen molar-refractivity contribution in [2.24, 2.45) is 0 Å². The Morgan fingerprint density at radius 3 is 2.75 bits per heavy atom. The molecule has 3 rings (SSSR count). The van der Waals surface area contributed by atoms with Crippen molar-refractivity contribution in [2.45, 2.75) is 26.3 Å². The molecule has 0 saturated carbocycles. The number of amides is 2. The summed E-state index contributed by atoms with van der Waals surface area (Å²) < 4.78 is 28.5. The smallest absolute Gasteiger partial charge is 0.277 e. The van der Waals surface area contributed by atoms with Crippen molar-refractivity contribution in [1.82, 2.24) is 14.9 Å². The maximum absolute atomic E-state index is 13.8. The first-order chi connectivity index (χ1) is 15.3. The molecule has 2 aromatic rings. The van der Waals surface area contributed by atoms with Crippen LogP contribution in [0.15, 0.2) is 29.2 Å². The van der Waals surface area contributed by atoms with Gasteiger partial charge in [-0.05, 0) is 19.4 Å². The molecular formula is C22H22F2N4O4. The number of rotatable bonds is 7. The number of carbonyl (C=O) groups excluding carboxylic acids is 2. The van der Waals surface area contributed by atoms with Gasteiger partial charge in [-0.3, -0.25) is 24.1 Å². The van der Waals surface area contributed by atoms with E-state index in [0.29, 0.717) is 25.9 Å². The van der Waals surface area contributed by atoms with Crippen molar-refractivity contribution >= 4 is 11.8 Å². The quantitative estimate of drug-likeness (QED) is 0.499. The molecule has 8 nitrogen and oxygen atoms in total. The third kappa shape index (κ3) is 4.27. The normalized spacial score (nSPS) is 13.0. The van der Waals surface area contributed by atoms with Crippen molar-refractivity contribution in [3.63, 3.8) is 0 Å². The Labute approximate surface area is 183 Å². The number of hydrogen-bond acceptors (Lipinski definition) is 5. The number of aromatic nitrogens is 1. The van der Waals surface area contributed by atoms with Gasteiger partial charge < -0.3 is 15.3 Å². The SMILES string of the molecule is C#CCCCN1CN(CC)C(=O)c2c(O)c(=O)c(C(=O)NCc3cccc(F)c3F)cn21. The maximum atomic E-state index is 13.8. The molecule has 0 bridgehead atoms. The molecule has 1 aromatic heterocycles. The lowest BCUT2D eigenvalue weighted by Gasteiger charge is -2.39. The number of benzene rings is 1. The fourth-order valence-corrected chi connectivity index (χ4v) is 3.39. The summed E-state index contributed by atoms with van der Waals surface area (Å²) in [5, 5.41) is 14.5. The molecule has 2 heterocycles. The second-order valence-corrected chi connectivity index (χ2v) is 7.15. The molecule has 0 atom stereocenters. The molecule has 0 spiro atoms. The van der Waals surface area contributed by atoms with Gasteiger partial charge in [0, 0.05) is 37.8 Å². The number of pyridine rings is 1. The van der Waals surface area contributed by atoms with Gasteiger partial charge in [-0.2, -0.15) is 0 Å². The molecule has 0 aliphatic carbocycles. The molecule has 0 saturated heterocycles. The Morgan fingerprint density at radius 2 is 2.06 bits per heavy atom. The number of unbranched alkanes of at least 4 members (excludes halogenated alkanes) is 1. The van der Waals surface area contributed by atoms with Gasteiger partial charge >= 0.3 is 0 Å². The van der Waals surface area contributed by atoms with Crippen LogP contribution in [0.3, 0.4) is 0 Å². The molecule has 2 N–H and O–H groups in total. The molecular weight excluding hydrogens is 422 g/mol. The average molecular weight is 444 g/mol. The molecule has 0 unspecified atom stereocenters. The Hall–Kier alpha value is -3.87. The second kappa shape index (κ2) is 9.51. The summed E-state index contributed by atoms with van der Waals surface area (Å²) in [6.45, 7) is 2.30. The Morgan fingerprint density at radius 1 is 1.31 bits per heavy atom. The standard InChI is InChI=1S/C22H22F2N4O4/c1-3-5-6-10-27-13-26(4-2)22(32)18-20(30)19(29)15(12-28(18)27)21(31)25-11-14-8-7-9-16(23)17(14)24/h1,7-9,12,30H,4-6,10-11,13H2,2H3,(H,25,31). The molecule has 1 aliphatic heterocycles. The molecule has 2 amide bonds. The van der Waals surface area contributed by atoms with Crippen LogP contribution >= 0.6 is 0 Å². The average Bonchev–Trinajstić information content (AvgIpc) is 2.78. The lowest BCUT2D eigenvalue weighted by Crippen LogP contribution is -2.54. The van der Waals surface area contributed by atoms with E-state index in [0.717, 1.165) is 12.3 Å². The van der Waals surface area contributed by atoms with Crippen LogP contribution in [0.4, 0.5) is 8.78 Å². The summed E-state index contributed by atoms with van der Waals surface area (Å²) in [6, 6.07) is 3.53. The molecule has 168 valence electrons. The van der Waals surface area contributed by atoms with Gasteiger partial charge in [-0.15, -0.1) is 12.3 Å². The minimum Gasteiger partial charge on any atom is -0.502 e. The van der Waals surface area contributed by atoms with Crippen molar-refractivity contribution in [2.75, 3.05) is 24.8 Å². The van der Waals surface area contributed by atoms with Gasteiger partial charge in [-0.25, -0.2) is 8.78 Å². The van der Waals surface area contributed by atoms with E-state index in [1.807, 2.05) is 0 Å². The number of fused-ring (bicyclic) bond motifs is 1. The van der Waals surface area contributed by atoms with Crippen LogP contribution in [0.25, 0.3) is 0 Å². The Kier molecular flexibility index (Phi) is 6.78. The number of nitrogens with one attached hydrogen (secondary N) is 1. The first kappa shape index (κ1) is 22.8. The van der Waals surface area contributed by atoms with Crippen LogP contribution in [0.1, 0.15) is 46.2 Å². The zero-order valence-corrected chi connectivity index (χ0v) is 17.4. The van der Waals surface area contributed by atoms with Gasteiger partial charge in [0.05, 0.1) is 0 Å². The Bertz CT molecular complexity index is 1160. The van der Waals surface area contributed by atoms with E-state index in [1.165, 1.54) is 21.7 Å². The van der Waals surface area contributed by atoms with Crippen LogP contribution < -0.4 is 15.8 Å². The predicted molar refractivity (Wildman–Crippen MR) is 113 cm³/mol. The van der Waals surface area contributed by atoms with E-state index in [1.54, 1.807) is 11.9 Å². The van der Waals surface area contributed by atoms with E-state index >= 15 is 0 Å². The number of hydrogen-bond donors (Lipinski definition) is 2. The highest BCUT2D eigenvalue weighted by atomic mass is 19.2. The molecule has 1 aliphatic rings. The molecule has 0 fully saturated rings. The van der Waals surface area contributed by atoms with Crippen molar-refractivity contribution < 1.29 is 23.5 Å². The summed E-state index contributed by atoms with van der Waals surface area (Å²) in [6.07, 6.45) is 7.52. The number of nitrogens with zero attached hydrogens (tertiary/aromatic N) is 3. The van der Waals surface area contributed by atoms with Crippen LogP contribution in [0.5, 0.6) is 5.75 Å². The first-order valence-corrected chi connectivity index (χ1v) is 9.97. The number of terminal acetylenes is 1. The summed E-state index contributed by atoms with van der Waals surface area (Å²) >= 11 is 0. The van der Waals surface area contributed by atoms with E-state index in [4.69, 9.17) is 6.42 Å². The zero-order valence-electron chi connectivity index (χ0n) is 17.4. The summed E-state index contributed by atoms with van der Waals surface area (Å²) in [4.78, 5) is 39.5. The molecule has 0 radical (unpaired) electrons. The van der Waals surface area contributed by atoms with Crippen molar-refractivity contribution in [3.8, 4) is 18.1 Å². The van der Waals surface area contributed by atoms with Gasteiger partial charge in [0.25, 0.3) is 11.8 Å². The summed E-state index contributed by atoms with van der Waals surface area (Å²) in [5.41, 5.74) is -1.84. The number of carbonyl (C=O) groups is 2. The van der Waals surface area contributed by atoms with Gasteiger partial charge in [0.15, 0.2) is 23.1 Å². The summed E-state index contributed by atoms with van der Waals surface area (Å²) in [5.74, 6) is -1.97. The van der Waals surface area contributed by atoms with Crippen LogP contribution in [0.2, 0.25) is 0 Å². The van der Waals surface area contributed by atoms with Crippen LogP contribution in [-0.2, 0) is 6.54 Å². The van der Waals surface area contributed by atoms with Gasteiger partial charge in [0.2, 0.25) is 5.43 Å². The summed E-state index contributed by atoms with van der Waals surface area (Å²) in [7, 11) is 0. The van der Waals surface area contributed by atoms with E-state index < -0.39 is 40.2 Å². The fourth-order valence-electron chi connectivity index (χ4n) is 3.39. The lowest BCUT2D eigenvalue weighted by molar-refractivity contribution is 0.0695. The largest absolute Gasteiger partial charge is 0.502 e. The second-order valence-electron chi connectivity index (χ2n) is 7.15. The highest BCUT2D eigenvalue weighted by Gasteiger charge is 2.33. The topological polar surface area (TPSA) is 94.9 Å². The lowest BCUT2D eigenvalue weighted by atomic mass is 10.1. The van der Waals surface area contributed by atoms with E-state index in [2.05, 4.69) is 11.2 Å².